The lowest BCUT2D eigenvalue weighted by Gasteiger charge is -2.27. The summed E-state index contributed by atoms with van der Waals surface area (Å²) in [6.07, 6.45) is 4.33. The predicted molar refractivity (Wildman–Crippen MR) is 77.5 cm³/mol. The van der Waals surface area contributed by atoms with Crippen LogP contribution in [0.5, 0.6) is 0 Å². The standard InChI is InChI=1S/C15H23N3O/c1-3-13-10-12(11-14(17-13)16-4-2)15(19)18-8-6-5-7-9-18/h10-11H,3-9H2,1-2H3,(H,16,17). The zero-order chi connectivity index (χ0) is 13.7. The van der Waals surface area contributed by atoms with Gasteiger partial charge >= 0.3 is 0 Å². The van der Waals surface area contributed by atoms with Gasteiger partial charge in [0.25, 0.3) is 5.91 Å². The predicted octanol–water partition coefficient (Wildman–Crippen LogP) is 2.70. The van der Waals surface area contributed by atoms with Crippen molar-refractivity contribution in [1.29, 1.82) is 0 Å². The van der Waals surface area contributed by atoms with Crippen LogP contribution in [0.15, 0.2) is 12.1 Å². The number of rotatable bonds is 4. The molecule has 0 spiro atoms. The molecule has 1 amide bonds. The van der Waals surface area contributed by atoms with Gasteiger partial charge in [-0.15, -0.1) is 0 Å². The first-order valence-corrected chi connectivity index (χ1v) is 7.28. The molecule has 4 heteroatoms. The number of carbonyl (C=O) groups excluding carboxylic acids is 1. The Bertz CT molecular complexity index is 439. The molecule has 2 rings (SSSR count). The number of likely N-dealkylation sites (tertiary alicyclic amines) is 1. The van der Waals surface area contributed by atoms with Crippen molar-refractivity contribution >= 4 is 11.7 Å². The van der Waals surface area contributed by atoms with E-state index < -0.39 is 0 Å². The fourth-order valence-corrected chi connectivity index (χ4v) is 2.44. The van der Waals surface area contributed by atoms with Crippen LogP contribution in [0.25, 0.3) is 0 Å². The molecule has 0 radical (unpaired) electrons. The van der Waals surface area contributed by atoms with Gasteiger partial charge in [-0.3, -0.25) is 4.79 Å². The Morgan fingerprint density at radius 3 is 2.63 bits per heavy atom. The molecule has 2 heterocycles. The van der Waals surface area contributed by atoms with E-state index in [1.165, 1.54) is 6.42 Å². The van der Waals surface area contributed by atoms with Crippen LogP contribution >= 0.6 is 0 Å². The topological polar surface area (TPSA) is 45.2 Å². The minimum absolute atomic E-state index is 0.149. The molecule has 0 saturated carbocycles. The SMILES string of the molecule is CCNc1cc(C(=O)N2CCCCC2)cc(CC)n1. The van der Waals surface area contributed by atoms with Crippen LogP contribution in [0.1, 0.15) is 49.2 Å². The van der Waals surface area contributed by atoms with E-state index in [0.29, 0.717) is 0 Å². The Balaban J connectivity index is 2.21. The molecule has 1 aliphatic rings. The van der Waals surface area contributed by atoms with E-state index in [9.17, 15) is 4.79 Å². The average Bonchev–Trinajstić information content (AvgIpc) is 2.47. The number of aryl methyl sites for hydroxylation is 1. The third-order valence-electron chi connectivity index (χ3n) is 3.49. The van der Waals surface area contributed by atoms with Crippen LogP contribution in [0.2, 0.25) is 0 Å². The molecule has 1 N–H and O–H groups in total. The highest BCUT2D eigenvalue weighted by molar-refractivity contribution is 5.95. The Morgan fingerprint density at radius 2 is 2.00 bits per heavy atom. The molecular formula is C15H23N3O. The second-order valence-corrected chi connectivity index (χ2v) is 4.97. The zero-order valence-electron chi connectivity index (χ0n) is 11.9. The van der Waals surface area contributed by atoms with E-state index in [0.717, 1.165) is 56.0 Å². The van der Waals surface area contributed by atoms with Gasteiger partial charge in [0.1, 0.15) is 5.82 Å². The zero-order valence-corrected chi connectivity index (χ0v) is 11.9. The number of amides is 1. The molecule has 4 nitrogen and oxygen atoms in total. The minimum atomic E-state index is 0.149. The summed E-state index contributed by atoms with van der Waals surface area (Å²) in [5.41, 5.74) is 1.74. The summed E-state index contributed by atoms with van der Waals surface area (Å²) in [7, 11) is 0. The largest absolute Gasteiger partial charge is 0.370 e. The molecular weight excluding hydrogens is 238 g/mol. The summed E-state index contributed by atoms with van der Waals surface area (Å²) < 4.78 is 0. The number of pyridine rings is 1. The summed E-state index contributed by atoms with van der Waals surface area (Å²) >= 11 is 0. The van der Waals surface area contributed by atoms with Crippen molar-refractivity contribution in [2.75, 3.05) is 25.0 Å². The summed E-state index contributed by atoms with van der Waals surface area (Å²) in [5.74, 6) is 0.957. The maximum atomic E-state index is 12.5. The molecule has 1 aromatic rings. The highest BCUT2D eigenvalue weighted by Gasteiger charge is 2.19. The van der Waals surface area contributed by atoms with Crippen LogP contribution in [-0.2, 0) is 6.42 Å². The van der Waals surface area contributed by atoms with Gasteiger partial charge in [0.15, 0.2) is 0 Å². The lowest BCUT2D eigenvalue weighted by molar-refractivity contribution is 0.0724. The third kappa shape index (κ3) is 3.46. The summed E-state index contributed by atoms with van der Waals surface area (Å²) in [4.78, 5) is 18.9. The Kier molecular flexibility index (Phi) is 4.77. The van der Waals surface area contributed by atoms with Gasteiger partial charge in [0.2, 0.25) is 0 Å². The van der Waals surface area contributed by atoms with Crippen LogP contribution in [0, 0.1) is 0 Å². The quantitative estimate of drug-likeness (QED) is 0.906. The van der Waals surface area contributed by atoms with Crippen LogP contribution < -0.4 is 5.32 Å². The van der Waals surface area contributed by atoms with Crippen LogP contribution in [0.3, 0.4) is 0 Å². The first kappa shape index (κ1) is 13.8. The first-order chi connectivity index (χ1) is 9.24. The minimum Gasteiger partial charge on any atom is -0.370 e. The van der Waals surface area contributed by atoms with E-state index in [1.807, 2.05) is 24.0 Å². The lowest BCUT2D eigenvalue weighted by Crippen LogP contribution is -2.35. The summed E-state index contributed by atoms with van der Waals surface area (Å²) in [5, 5.41) is 3.20. The molecule has 0 bridgehead atoms. The Morgan fingerprint density at radius 1 is 1.26 bits per heavy atom. The first-order valence-electron chi connectivity index (χ1n) is 7.28. The average molecular weight is 261 g/mol. The number of piperidine rings is 1. The van der Waals surface area contributed by atoms with Gasteiger partial charge in [0.05, 0.1) is 0 Å². The van der Waals surface area contributed by atoms with Gasteiger partial charge in [-0.2, -0.15) is 0 Å². The van der Waals surface area contributed by atoms with Crippen molar-refractivity contribution in [1.82, 2.24) is 9.88 Å². The molecule has 1 fully saturated rings. The van der Waals surface area contributed by atoms with Gasteiger partial charge in [0, 0.05) is 30.9 Å². The van der Waals surface area contributed by atoms with Crippen molar-refractivity contribution in [2.24, 2.45) is 0 Å². The molecule has 0 aliphatic carbocycles. The second-order valence-electron chi connectivity index (χ2n) is 4.97. The fourth-order valence-electron chi connectivity index (χ4n) is 2.44. The molecule has 0 unspecified atom stereocenters. The molecule has 1 saturated heterocycles. The summed E-state index contributed by atoms with van der Waals surface area (Å²) in [6.45, 7) is 6.69. The smallest absolute Gasteiger partial charge is 0.254 e. The number of carbonyl (C=O) groups is 1. The Labute approximate surface area is 115 Å². The second kappa shape index (κ2) is 6.55. The van der Waals surface area contributed by atoms with Crippen molar-refractivity contribution in [2.45, 2.75) is 39.5 Å². The normalized spacial score (nSPS) is 15.4. The van der Waals surface area contributed by atoms with Gasteiger partial charge in [-0.25, -0.2) is 4.98 Å². The van der Waals surface area contributed by atoms with Crippen molar-refractivity contribution < 1.29 is 4.79 Å². The summed E-state index contributed by atoms with van der Waals surface area (Å²) in [6, 6.07) is 3.80. The highest BCUT2D eigenvalue weighted by Crippen LogP contribution is 2.16. The molecule has 1 aliphatic heterocycles. The fraction of sp³-hybridized carbons (Fsp3) is 0.600. The highest BCUT2D eigenvalue weighted by atomic mass is 16.2. The number of aromatic nitrogens is 1. The van der Waals surface area contributed by atoms with E-state index in [2.05, 4.69) is 17.2 Å². The van der Waals surface area contributed by atoms with Crippen molar-refractivity contribution in [3.8, 4) is 0 Å². The Hall–Kier alpha value is -1.58. The maximum absolute atomic E-state index is 12.5. The molecule has 104 valence electrons. The van der Waals surface area contributed by atoms with E-state index in [4.69, 9.17) is 0 Å². The maximum Gasteiger partial charge on any atom is 0.254 e. The molecule has 0 atom stereocenters. The van der Waals surface area contributed by atoms with Gasteiger partial charge in [-0.1, -0.05) is 6.92 Å². The van der Waals surface area contributed by atoms with E-state index >= 15 is 0 Å². The number of anilines is 1. The van der Waals surface area contributed by atoms with Gasteiger partial charge in [-0.05, 0) is 44.7 Å². The molecule has 1 aromatic heterocycles. The molecule has 19 heavy (non-hydrogen) atoms. The van der Waals surface area contributed by atoms with Crippen LogP contribution in [0.4, 0.5) is 5.82 Å². The number of nitrogens with one attached hydrogen (secondary N) is 1. The number of nitrogens with zero attached hydrogens (tertiary/aromatic N) is 2. The third-order valence-corrected chi connectivity index (χ3v) is 3.49. The van der Waals surface area contributed by atoms with E-state index in [1.54, 1.807) is 0 Å². The van der Waals surface area contributed by atoms with Gasteiger partial charge < -0.3 is 10.2 Å². The van der Waals surface area contributed by atoms with Crippen molar-refractivity contribution in [3.63, 3.8) is 0 Å². The lowest BCUT2D eigenvalue weighted by atomic mass is 10.1. The van der Waals surface area contributed by atoms with Crippen molar-refractivity contribution in [3.05, 3.63) is 23.4 Å². The van der Waals surface area contributed by atoms with E-state index in [-0.39, 0.29) is 5.91 Å². The number of hydrogen-bond acceptors (Lipinski definition) is 3. The number of hydrogen-bond donors (Lipinski definition) is 1. The van der Waals surface area contributed by atoms with Crippen LogP contribution in [-0.4, -0.2) is 35.4 Å². The monoisotopic (exact) mass is 261 g/mol. The molecule has 0 aromatic carbocycles.